The van der Waals surface area contributed by atoms with E-state index in [1.807, 2.05) is 37.4 Å². The maximum absolute atomic E-state index is 12.1. The van der Waals surface area contributed by atoms with Crippen LogP contribution in [-0.2, 0) is 16.0 Å². The third kappa shape index (κ3) is 6.25. The molecule has 0 saturated carbocycles. The summed E-state index contributed by atoms with van der Waals surface area (Å²) < 4.78 is 10.5. The highest BCUT2D eigenvalue weighted by molar-refractivity contribution is 7.09. The maximum atomic E-state index is 12.1. The number of amides is 1. The van der Waals surface area contributed by atoms with E-state index < -0.39 is 12.1 Å². The highest BCUT2D eigenvalue weighted by Crippen LogP contribution is 2.16. The van der Waals surface area contributed by atoms with Crippen LogP contribution in [0.3, 0.4) is 0 Å². The third-order valence-electron chi connectivity index (χ3n) is 3.92. The fraction of sp³-hybridized carbons (Fsp3) is 0.286. The molecule has 2 rings (SSSR count). The van der Waals surface area contributed by atoms with Gasteiger partial charge in [0.2, 0.25) is 0 Å². The van der Waals surface area contributed by atoms with Crippen molar-refractivity contribution in [3.63, 3.8) is 0 Å². The Labute approximate surface area is 168 Å². The molecule has 0 fully saturated rings. The van der Waals surface area contributed by atoms with Gasteiger partial charge in [0.05, 0.1) is 6.61 Å². The molecule has 0 aliphatic carbocycles. The number of nitrogens with zero attached hydrogens (tertiary/aromatic N) is 2. The summed E-state index contributed by atoms with van der Waals surface area (Å²) >= 11 is 1.59. The number of carbonyl (C=O) groups excluding carboxylic acids is 2. The van der Waals surface area contributed by atoms with Crippen LogP contribution in [-0.4, -0.2) is 36.7 Å². The highest BCUT2D eigenvalue weighted by atomic mass is 32.1. The van der Waals surface area contributed by atoms with Crippen molar-refractivity contribution in [3.8, 4) is 11.8 Å². The number of benzene rings is 1. The van der Waals surface area contributed by atoms with Crippen molar-refractivity contribution in [1.29, 1.82) is 5.26 Å². The minimum absolute atomic E-state index is 0.0842. The van der Waals surface area contributed by atoms with Gasteiger partial charge in [-0.3, -0.25) is 0 Å². The lowest BCUT2D eigenvalue weighted by molar-refractivity contribution is -0.138. The van der Waals surface area contributed by atoms with E-state index in [9.17, 15) is 14.9 Å². The molecule has 0 atom stereocenters. The minimum atomic E-state index is -0.656. The van der Waals surface area contributed by atoms with E-state index in [1.165, 1.54) is 6.08 Å². The van der Waals surface area contributed by atoms with Gasteiger partial charge < -0.3 is 14.4 Å². The van der Waals surface area contributed by atoms with Crippen LogP contribution in [0.2, 0.25) is 0 Å². The Kier molecular flexibility index (Phi) is 8.25. The van der Waals surface area contributed by atoms with Crippen LogP contribution in [0.15, 0.2) is 47.4 Å². The monoisotopic (exact) mass is 398 g/mol. The number of nitriles is 1. The fourth-order valence-electron chi connectivity index (χ4n) is 2.36. The smallest absolute Gasteiger partial charge is 0.415 e. The van der Waals surface area contributed by atoms with Crippen LogP contribution in [0.4, 0.5) is 4.79 Å². The van der Waals surface area contributed by atoms with Crippen molar-refractivity contribution >= 4 is 29.5 Å². The molecule has 0 bridgehead atoms. The van der Waals surface area contributed by atoms with Crippen molar-refractivity contribution in [2.24, 2.45) is 0 Å². The van der Waals surface area contributed by atoms with Crippen molar-refractivity contribution in [2.75, 3.05) is 19.7 Å². The number of esters is 1. The molecular weight excluding hydrogens is 376 g/mol. The number of hydrogen-bond acceptors (Lipinski definition) is 6. The lowest BCUT2D eigenvalue weighted by Gasteiger charge is -2.17. The Balaban J connectivity index is 1.95. The first-order chi connectivity index (χ1) is 13.6. The predicted octanol–water partition coefficient (Wildman–Crippen LogP) is 4.28. The standard InChI is InChI=1S/C21H22N2O4S/c1-3-23(4-2)21(25)27-18-9-7-16(8-10-18)14-17(15-22)20(24)26-12-11-19-6-5-13-28-19/h5-10,13-14H,3-4,11-12H2,1-2H3. The molecule has 0 radical (unpaired) electrons. The molecule has 0 aliphatic heterocycles. The SMILES string of the molecule is CCN(CC)C(=O)Oc1ccc(C=C(C#N)C(=O)OCCc2cccs2)cc1. The second kappa shape index (κ2) is 10.9. The van der Waals surface area contributed by atoms with E-state index in [2.05, 4.69) is 0 Å². The molecule has 1 amide bonds. The molecular formula is C21H22N2O4S. The molecule has 0 N–H and O–H groups in total. The van der Waals surface area contributed by atoms with Crippen LogP contribution in [0.25, 0.3) is 6.08 Å². The maximum Gasteiger partial charge on any atom is 0.415 e. The summed E-state index contributed by atoms with van der Waals surface area (Å²) in [6, 6.07) is 12.3. The van der Waals surface area contributed by atoms with Crippen LogP contribution < -0.4 is 4.74 Å². The third-order valence-corrected chi connectivity index (χ3v) is 4.86. The quantitative estimate of drug-likeness (QED) is 0.377. The Morgan fingerprint density at radius 2 is 1.89 bits per heavy atom. The lowest BCUT2D eigenvalue weighted by Crippen LogP contribution is -2.33. The van der Waals surface area contributed by atoms with Crippen molar-refractivity contribution in [3.05, 3.63) is 57.8 Å². The molecule has 0 saturated heterocycles. The molecule has 146 valence electrons. The van der Waals surface area contributed by atoms with Crippen LogP contribution in [0.5, 0.6) is 5.75 Å². The van der Waals surface area contributed by atoms with Gasteiger partial charge in [0, 0.05) is 24.4 Å². The molecule has 0 unspecified atom stereocenters. The first kappa shape index (κ1) is 21.2. The van der Waals surface area contributed by atoms with Crippen LogP contribution in [0, 0.1) is 11.3 Å². The molecule has 1 aromatic heterocycles. The van der Waals surface area contributed by atoms with E-state index in [4.69, 9.17) is 9.47 Å². The topological polar surface area (TPSA) is 79.6 Å². The Morgan fingerprint density at radius 3 is 2.46 bits per heavy atom. The zero-order valence-corrected chi connectivity index (χ0v) is 16.7. The zero-order valence-electron chi connectivity index (χ0n) is 15.9. The van der Waals surface area contributed by atoms with Crippen molar-refractivity contribution in [1.82, 2.24) is 4.90 Å². The second-order valence-corrected chi connectivity index (χ2v) is 6.78. The number of carbonyl (C=O) groups is 2. The van der Waals surface area contributed by atoms with E-state index in [1.54, 1.807) is 40.5 Å². The summed E-state index contributed by atoms with van der Waals surface area (Å²) in [5.41, 5.74) is 0.550. The first-order valence-corrected chi connectivity index (χ1v) is 9.83. The Hall–Kier alpha value is -3.11. The van der Waals surface area contributed by atoms with Gasteiger partial charge in [0.15, 0.2) is 0 Å². The molecule has 7 heteroatoms. The van der Waals surface area contributed by atoms with E-state index in [0.29, 0.717) is 30.8 Å². The Morgan fingerprint density at radius 1 is 1.18 bits per heavy atom. The van der Waals surface area contributed by atoms with Crippen molar-refractivity contribution in [2.45, 2.75) is 20.3 Å². The average molecular weight is 398 g/mol. The predicted molar refractivity (Wildman–Crippen MR) is 108 cm³/mol. The average Bonchev–Trinajstić information content (AvgIpc) is 3.21. The molecule has 1 heterocycles. The molecule has 2 aromatic rings. The normalized spacial score (nSPS) is 10.8. The lowest BCUT2D eigenvalue weighted by atomic mass is 10.1. The fourth-order valence-corrected chi connectivity index (χ4v) is 3.05. The molecule has 28 heavy (non-hydrogen) atoms. The van der Waals surface area contributed by atoms with E-state index in [0.717, 1.165) is 4.88 Å². The summed E-state index contributed by atoms with van der Waals surface area (Å²) in [6.07, 6.45) is 1.65. The summed E-state index contributed by atoms with van der Waals surface area (Å²) in [5, 5.41) is 11.2. The molecule has 6 nitrogen and oxygen atoms in total. The number of rotatable bonds is 8. The van der Waals surface area contributed by atoms with Crippen LogP contribution in [0.1, 0.15) is 24.3 Å². The molecule has 0 aliphatic rings. The Bertz CT molecular complexity index is 848. The van der Waals surface area contributed by atoms with E-state index >= 15 is 0 Å². The molecule has 0 spiro atoms. The van der Waals surface area contributed by atoms with Gasteiger partial charge in [0.1, 0.15) is 17.4 Å². The number of hydrogen-bond donors (Lipinski definition) is 0. The zero-order chi connectivity index (χ0) is 20.4. The summed E-state index contributed by atoms with van der Waals surface area (Å²) in [5.74, 6) is -0.262. The largest absolute Gasteiger partial charge is 0.461 e. The minimum Gasteiger partial charge on any atom is -0.461 e. The van der Waals surface area contributed by atoms with Gasteiger partial charge in [-0.25, -0.2) is 9.59 Å². The van der Waals surface area contributed by atoms with Gasteiger partial charge in [-0.2, -0.15) is 5.26 Å². The summed E-state index contributed by atoms with van der Waals surface area (Å²) in [7, 11) is 0. The van der Waals surface area contributed by atoms with Gasteiger partial charge in [-0.05, 0) is 49.1 Å². The van der Waals surface area contributed by atoms with Crippen molar-refractivity contribution < 1.29 is 19.1 Å². The van der Waals surface area contributed by atoms with Gasteiger partial charge in [-0.15, -0.1) is 11.3 Å². The second-order valence-electron chi connectivity index (χ2n) is 5.74. The van der Waals surface area contributed by atoms with Gasteiger partial charge in [-0.1, -0.05) is 18.2 Å². The molecule has 1 aromatic carbocycles. The highest BCUT2D eigenvalue weighted by Gasteiger charge is 2.13. The number of thiophene rings is 1. The number of ether oxygens (including phenoxy) is 2. The van der Waals surface area contributed by atoms with Gasteiger partial charge >= 0.3 is 12.1 Å². The summed E-state index contributed by atoms with van der Waals surface area (Å²) in [4.78, 5) is 26.7. The summed E-state index contributed by atoms with van der Waals surface area (Å²) in [6.45, 7) is 5.11. The van der Waals surface area contributed by atoms with Crippen LogP contribution >= 0.6 is 11.3 Å². The van der Waals surface area contributed by atoms with E-state index in [-0.39, 0.29) is 12.2 Å². The first-order valence-electron chi connectivity index (χ1n) is 8.95. The van der Waals surface area contributed by atoms with Gasteiger partial charge in [0.25, 0.3) is 0 Å².